The first-order chi connectivity index (χ1) is 13.8. The van der Waals surface area contributed by atoms with Crippen molar-refractivity contribution in [2.24, 2.45) is 0 Å². The molecule has 0 saturated carbocycles. The molecule has 0 atom stereocenters. The first-order valence-electron chi connectivity index (χ1n) is 8.83. The molecule has 2 aromatic heterocycles. The number of amides is 1. The van der Waals surface area contributed by atoms with Gasteiger partial charge in [0.15, 0.2) is 0 Å². The van der Waals surface area contributed by atoms with E-state index in [-0.39, 0.29) is 16.8 Å². The van der Waals surface area contributed by atoms with E-state index in [1.54, 1.807) is 28.8 Å². The number of aryl methyl sites for hydroxylation is 1. The fourth-order valence-electron chi connectivity index (χ4n) is 3.39. The number of halogens is 3. The van der Waals surface area contributed by atoms with E-state index in [9.17, 15) is 22.8 Å². The number of benzene rings is 2. The number of rotatable bonds is 3. The molecular weight excluding hydrogens is 385 g/mol. The maximum absolute atomic E-state index is 12.9. The van der Waals surface area contributed by atoms with Crippen LogP contribution in [0.5, 0.6) is 0 Å². The van der Waals surface area contributed by atoms with Gasteiger partial charge in [-0.3, -0.25) is 4.79 Å². The Kier molecular flexibility index (Phi) is 4.41. The highest BCUT2D eigenvalue weighted by atomic mass is 19.4. The lowest BCUT2D eigenvalue weighted by Crippen LogP contribution is -2.17. The Balaban J connectivity index is 1.82. The van der Waals surface area contributed by atoms with Crippen molar-refractivity contribution in [3.63, 3.8) is 0 Å². The summed E-state index contributed by atoms with van der Waals surface area (Å²) in [5.41, 5.74) is -0.341. The third kappa shape index (κ3) is 3.26. The normalized spacial score (nSPS) is 11.9. The summed E-state index contributed by atoms with van der Waals surface area (Å²) < 4.78 is 45.7. The van der Waals surface area contributed by atoms with Crippen molar-refractivity contribution in [3.8, 4) is 0 Å². The highest BCUT2D eigenvalue weighted by Gasteiger charge is 2.30. The lowest BCUT2D eigenvalue weighted by molar-refractivity contribution is -0.137. The summed E-state index contributed by atoms with van der Waals surface area (Å²) in [7, 11) is 0. The van der Waals surface area contributed by atoms with Crippen LogP contribution in [0.2, 0.25) is 0 Å². The minimum absolute atomic E-state index is 0.00891. The Morgan fingerprint density at radius 3 is 2.55 bits per heavy atom. The number of aromatic nitrogens is 1. The second kappa shape index (κ2) is 6.80. The van der Waals surface area contributed by atoms with Crippen LogP contribution in [-0.2, 0) is 12.7 Å². The Bertz CT molecular complexity index is 1300. The molecule has 4 aromatic rings. The Morgan fingerprint density at radius 2 is 1.83 bits per heavy atom. The van der Waals surface area contributed by atoms with E-state index in [4.69, 9.17) is 4.42 Å². The number of hydrogen-bond donors (Lipinski definition) is 1. The highest BCUT2D eigenvalue weighted by Crippen LogP contribution is 2.31. The van der Waals surface area contributed by atoms with Crippen molar-refractivity contribution in [2.45, 2.75) is 19.6 Å². The molecule has 2 aromatic carbocycles. The number of para-hydroxylation sites is 1. The molecule has 0 spiro atoms. The quantitative estimate of drug-likeness (QED) is 0.490. The van der Waals surface area contributed by atoms with E-state index in [0.717, 1.165) is 12.1 Å². The van der Waals surface area contributed by atoms with Crippen molar-refractivity contribution in [1.82, 2.24) is 4.57 Å². The van der Waals surface area contributed by atoms with Gasteiger partial charge in [0.25, 0.3) is 5.91 Å². The van der Waals surface area contributed by atoms with Crippen LogP contribution in [0.1, 0.15) is 23.0 Å². The fraction of sp³-hybridized carbons (Fsp3) is 0.143. The average molecular weight is 400 g/mol. The second-order valence-corrected chi connectivity index (χ2v) is 6.45. The minimum atomic E-state index is -4.52. The zero-order chi connectivity index (χ0) is 20.8. The van der Waals surface area contributed by atoms with Crippen LogP contribution in [0.15, 0.2) is 63.8 Å². The number of carbonyl (C=O) groups excluding carboxylic acids is 1. The SMILES string of the molecule is CCn1c(C(=O)Nc2cccc(C(F)(F)F)c2)cc2c(=O)oc3ccccc3c21. The predicted octanol–water partition coefficient (Wildman–Crippen LogP) is 5.04. The molecular formula is C21H15F3N2O3. The molecule has 5 nitrogen and oxygen atoms in total. The molecule has 0 bridgehead atoms. The number of carbonyl (C=O) groups is 1. The molecule has 0 aliphatic heterocycles. The molecule has 0 saturated heterocycles. The van der Waals surface area contributed by atoms with Crippen LogP contribution in [0.25, 0.3) is 21.9 Å². The van der Waals surface area contributed by atoms with Crippen LogP contribution in [0.3, 0.4) is 0 Å². The largest absolute Gasteiger partial charge is 0.422 e. The third-order valence-corrected chi connectivity index (χ3v) is 4.66. The van der Waals surface area contributed by atoms with E-state index >= 15 is 0 Å². The molecule has 0 aliphatic rings. The van der Waals surface area contributed by atoms with Crippen LogP contribution < -0.4 is 10.9 Å². The van der Waals surface area contributed by atoms with Crippen molar-refractivity contribution < 1.29 is 22.4 Å². The maximum atomic E-state index is 12.9. The number of fused-ring (bicyclic) bond motifs is 3. The monoisotopic (exact) mass is 400 g/mol. The van der Waals surface area contributed by atoms with Crippen molar-refractivity contribution in [1.29, 1.82) is 0 Å². The molecule has 148 valence electrons. The summed E-state index contributed by atoms with van der Waals surface area (Å²) in [5, 5.41) is 3.39. The first kappa shape index (κ1) is 18.8. The van der Waals surface area contributed by atoms with Crippen molar-refractivity contribution >= 4 is 33.5 Å². The summed E-state index contributed by atoms with van der Waals surface area (Å²) in [6, 6.07) is 12.7. The zero-order valence-electron chi connectivity index (χ0n) is 15.2. The number of alkyl halides is 3. The smallest absolute Gasteiger partial charge is 0.416 e. The summed E-state index contributed by atoms with van der Waals surface area (Å²) in [5.74, 6) is -0.620. The molecule has 0 unspecified atom stereocenters. The fourth-order valence-corrected chi connectivity index (χ4v) is 3.39. The van der Waals surface area contributed by atoms with Gasteiger partial charge in [0.1, 0.15) is 11.3 Å². The van der Waals surface area contributed by atoms with E-state index < -0.39 is 23.3 Å². The first-order valence-corrected chi connectivity index (χ1v) is 8.83. The van der Waals surface area contributed by atoms with E-state index in [1.807, 2.05) is 6.92 Å². The Hall–Kier alpha value is -3.55. The standard InChI is InChI=1S/C21H15F3N2O3/c1-2-26-16(19(27)25-13-7-5-6-12(10-13)21(22,23)24)11-15-18(26)14-8-3-4-9-17(14)29-20(15)28/h3-11H,2H2,1H3,(H,25,27). The van der Waals surface area contributed by atoms with Crippen LogP contribution in [0.4, 0.5) is 18.9 Å². The number of anilines is 1. The van der Waals surface area contributed by atoms with Crippen LogP contribution >= 0.6 is 0 Å². The van der Waals surface area contributed by atoms with Crippen LogP contribution in [0, 0.1) is 0 Å². The lowest BCUT2D eigenvalue weighted by Gasteiger charge is -2.11. The van der Waals surface area contributed by atoms with Gasteiger partial charge in [0, 0.05) is 17.6 Å². The van der Waals surface area contributed by atoms with Gasteiger partial charge < -0.3 is 14.3 Å². The third-order valence-electron chi connectivity index (χ3n) is 4.66. The van der Waals surface area contributed by atoms with Gasteiger partial charge in [-0.1, -0.05) is 18.2 Å². The summed E-state index contributed by atoms with van der Waals surface area (Å²) >= 11 is 0. The van der Waals surface area contributed by atoms with Gasteiger partial charge in [0.2, 0.25) is 0 Å². The molecule has 0 aliphatic carbocycles. The molecule has 0 radical (unpaired) electrons. The highest BCUT2D eigenvalue weighted by molar-refractivity contribution is 6.10. The second-order valence-electron chi connectivity index (χ2n) is 6.45. The topological polar surface area (TPSA) is 64.2 Å². The maximum Gasteiger partial charge on any atom is 0.416 e. The number of hydrogen-bond acceptors (Lipinski definition) is 3. The van der Waals surface area contributed by atoms with Gasteiger partial charge in [-0.15, -0.1) is 0 Å². The molecule has 4 rings (SSSR count). The van der Waals surface area contributed by atoms with Gasteiger partial charge in [-0.25, -0.2) is 4.79 Å². The van der Waals surface area contributed by atoms with E-state index in [1.165, 1.54) is 18.2 Å². The molecule has 29 heavy (non-hydrogen) atoms. The zero-order valence-corrected chi connectivity index (χ0v) is 15.2. The van der Waals surface area contributed by atoms with Crippen molar-refractivity contribution in [3.05, 3.63) is 76.3 Å². The summed E-state index contributed by atoms with van der Waals surface area (Å²) in [6.07, 6.45) is -4.52. The molecule has 2 heterocycles. The lowest BCUT2D eigenvalue weighted by atomic mass is 10.2. The average Bonchev–Trinajstić information content (AvgIpc) is 3.08. The van der Waals surface area contributed by atoms with Gasteiger partial charge in [-0.2, -0.15) is 13.2 Å². The molecule has 8 heteroatoms. The summed E-state index contributed by atoms with van der Waals surface area (Å²) in [4.78, 5) is 25.2. The molecule has 1 amide bonds. The number of nitrogens with zero attached hydrogens (tertiary/aromatic N) is 1. The Morgan fingerprint density at radius 1 is 1.07 bits per heavy atom. The van der Waals surface area contributed by atoms with Crippen molar-refractivity contribution in [2.75, 3.05) is 5.32 Å². The summed E-state index contributed by atoms with van der Waals surface area (Å²) in [6.45, 7) is 2.19. The van der Waals surface area contributed by atoms with Crippen LogP contribution in [-0.4, -0.2) is 10.5 Å². The molecule has 0 fully saturated rings. The van der Waals surface area contributed by atoms with E-state index in [0.29, 0.717) is 23.0 Å². The predicted molar refractivity (Wildman–Crippen MR) is 103 cm³/mol. The van der Waals surface area contributed by atoms with Gasteiger partial charge >= 0.3 is 11.8 Å². The Labute approximate surface area is 162 Å². The minimum Gasteiger partial charge on any atom is -0.422 e. The van der Waals surface area contributed by atoms with Gasteiger partial charge in [0.05, 0.1) is 16.5 Å². The van der Waals surface area contributed by atoms with Gasteiger partial charge in [-0.05, 0) is 43.3 Å². The van der Waals surface area contributed by atoms with E-state index in [2.05, 4.69) is 5.32 Å². The number of nitrogens with one attached hydrogen (secondary N) is 1. The molecule has 1 N–H and O–H groups in total.